The molecule has 1 aliphatic heterocycles. The van der Waals surface area contributed by atoms with Gasteiger partial charge in [0, 0.05) is 25.7 Å². The van der Waals surface area contributed by atoms with Crippen molar-refractivity contribution in [2.45, 2.75) is 19.1 Å². The van der Waals surface area contributed by atoms with Gasteiger partial charge >= 0.3 is 0 Å². The van der Waals surface area contributed by atoms with Gasteiger partial charge in [-0.1, -0.05) is 35.9 Å². The highest BCUT2D eigenvalue weighted by Crippen LogP contribution is 2.23. The van der Waals surface area contributed by atoms with Gasteiger partial charge < -0.3 is 15.2 Å². The Labute approximate surface area is 148 Å². The quantitative estimate of drug-likeness (QED) is 0.806. The van der Waals surface area contributed by atoms with E-state index in [1.165, 1.54) is 0 Å². The van der Waals surface area contributed by atoms with Crippen LogP contribution in [0.15, 0.2) is 48.5 Å². The van der Waals surface area contributed by atoms with Gasteiger partial charge in [0.15, 0.2) is 0 Å². The molecule has 4 nitrogen and oxygen atoms in total. The van der Waals surface area contributed by atoms with E-state index >= 15 is 0 Å². The van der Waals surface area contributed by atoms with Gasteiger partial charge in [0.2, 0.25) is 0 Å². The van der Waals surface area contributed by atoms with E-state index in [-0.39, 0.29) is 6.61 Å². The monoisotopic (exact) mass is 346 g/mol. The summed E-state index contributed by atoms with van der Waals surface area (Å²) in [6, 6.07) is 15.9. The summed E-state index contributed by atoms with van der Waals surface area (Å²) in [6.07, 6.45) is 1.11. The molecular weight excluding hydrogens is 324 g/mol. The molecule has 1 saturated heterocycles. The van der Waals surface area contributed by atoms with E-state index in [4.69, 9.17) is 21.4 Å². The lowest BCUT2D eigenvalue weighted by Crippen LogP contribution is -2.29. The van der Waals surface area contributed by atoms with Crippen molar-refractivity contribution in [2.75, 3.05) is 31.6 Å². The van der Waals surface area contributed by atoms with Crippen LogP contribution in [0.4, 0.5) is 5.69 Å². The molecule has 2 aromatic carbocycles. The summed E-state index contributed by atoms with van der Waals surface area (Å²) in [4.78, 5) is 2.40. The standard InChI is InChI=1S/C19H23ClN2O2/c20-18-3-1-2-4-19(18)21-16-9-10-22(13-16)11-12-24-17-7-5-15(14-23)6-8-17/h1-8,16,21,23H,9-14H2. The van der Waals surface area contributed by atoms with Crippen LogP contribution >= 0.6 is 11.6 Å². The zero-order valence-electron chi connectivity index (χ0n) is 13.6. The topological polar surface area (TPSA) is 44.7 Å². The number of hydrogen-bond donors (Lipinski definition) is 2. The number of aliphatic hydroxyl groups excluding tert-OH is 1. The Morgan fingerprint density at radius 1 is 1.17 bits per heavy atom. The van der Waals surface area contributed by atoms with E-state index in [9.17, 15) is 0 Å². The molecule has 0 spiro atoms. The summed E-state index contributed by atoms with van der Waals surface area (Å²) in [5.41, 5.74) is 1.90. The number of hydrogen-bond acceptors (Lipinski definition) is 4. The maximum atomic E-state index is 9.03. The van der Waals surface area contributed by atoms with Crippen LogP contribution in [0.25, 0.3) is 0 Å². The third-order valence-corrected chi connectivity index (χ3v) is 4.62. The molecule has 0 aromatic heterocycles. The summed E-state index contributed by atoms with van der Waals surface area (Å²) >= 11 is 6.20. The number of rotatable bonds is 7. The maximum Gasteiger partial charge on any atom is 0.119 e. The SMILES string of the molecule is OCc1ccc(OCCN2CCC(Nc3ccccc3Cl)C2)cc1. The van der Waals surface area contributed by atoms with Gasteiger partial charge in [-0.25, -0.2) is 0 Å². The van der Waals surface area contributed by atoms with Gasteiger partial charge in [0.05, 0.1) is 17.3 Å². The predicted octanol–water partition coefficient (Wildman–Crippen LogP) is 3.40. The molecule has 1 unspecified atom stereocenters. The van der Waals surface area contributed by atoms with Crippen molar-refractivity contribution >= 4 is 17.3 Å². The average molecular weight is 347 g/mol. The normalized spacial score (nSPS) is 17.8. The van der Waals surface area contributed by atoms with E-state index in [1.807, 2.05) is 48.5 Å². The molecule has 0 radical (unpaired) electrons. The summed E-state index contributed by atoms with van der Waals surface area (Å²) in [7, 11) is 0. The van der Waals surface area contributed by atoms with Crippen LogP contribution in [0, 0.1) is 0 Å². The number of nitrogens with one attached hydrogen (secondary N) is 1. The molecule has 0 aliphatic carbocycles. The number of benzene rings is 2. The maximum absolute atomic E-state index is 9.03. The molecule has 1 fully saturated rings. The summed E-state index contributed by atoms with van der Waals surface area (Å²) in [6.45, 7) is 3.70. The summed E-state index contributed by atoms with van der Waals surface area (Å²) < 4.78 is 5.78. The van der Waals surface area contributed by atoms with E-state index in [0.29, 0.717) is 12.6 Å². The molecule has 1 aliphatic rings. The Hall–Kier alpha value is -1.75. The highest BCUT2D eigenvalue weighted by atomic mass is 35.5. The zero-order valence-corrected chi connectivity index (χ0v) is 14.4. The van der Waals surface area contributed by atoms with Crippen LogP contribution in [0.2, 0.25) is 5.02 Å². The largest absolute Gasteiger partial charge is 0.492 e. The van der Waals surface area contributed by atoms with Crippen molar-refractivity contribution in [3.63, 3.8) is 0 Å². The molecule has 24 heavy (non-hydrogen) atoms. The van der Waals surface area contributed by atoms with E-state index in [1.54, 1.807) is 0 Å². The number of aliphatic hydroxyl groups is 1. The fourth-order valence-corrected chi connectivity index (χ4v) is 3.13. The second-order valence-corrected chi connectivity index (χ2v) is 6.47. The first-order valence-corrected chi connectivity index (χ1v) is 8.68. The number of nitrogens with zero attached hydrogens (tertiary/aromatic N) is 1. The lowest BCUT2D eigenvalue weighted by molar-refractivity contribution is 0.236. The van der Waals surface area contributed by atoms with Gasteiger partial charge in [-0.15, -0.1) is 0 Å². The van der Waals surface area contributed by atoms with Crippen LogP contribution in [-0.2, 0) is 6.61 Å². The van der Waals surface area contributed by atoms with Gasteiger partial charge in [0.1, 0.15) is 12.4 Å². The molecule has 2 N–H and O–H groups in total. The van der Waals surface area contributed by atoms with Crippen LogP contribution in [0.5, 0.6) is 5.75 Å². The molecule has 128 valence electrons. The highest BCUT2D eigenvalue weighted by molar-refractivity contribution is 6.33. The van der Waals surface area contributed by atoms with Crippen molar-refractivity contribution in [1.82, 2.24) is 4.90 Å². The van der Waals surface area contributed by atoms with Crippen LogP contribution in [-0.4, -0.2) is 42.3 Å². The second-order valence-electron chi connectivity index (χ2n) is 6.06. The Balaban J connectivity index is 1.40. The fraction of sp³-hybridized carbons (Fsp3) is 0.368. The third kappa shape index (κ3) is 4.63. The molecule has 2 aromatic rings. The Kier molecular flexibility index (Phi) is 5.96. The number of ether oxygens (including phenoxy) is 1. The highest BCUT2D eigenvalue weighted by Gasteiger charge is 2.22. The van der Waals surface area contributed by atoms with Crippen molar-refractivity contribution < 1.29 is 9.84 Å². The average Bonchev–Trinajstić information content (AvgIpc) is 3.05. The smallest absolute Gasteiger partial charge is 0.119 e. The first kappa shape index (κ1) is 17.1. The van der Waals surface area contributed by atoms with Crippen LogP contribution < -0.4 is 10.1 Å². The molecule has 0 saturated carbocycles. The Bertz CT molecular complexity index is 648. The minimum Gasteiger partial charge on any atom is -0.492 e. The minimum absolute atomic E-state index is 0.0634. The third-order valence-electron chi connectivity index (χ3n) is 4.29. The van der Waals surface area contributed by atoms with Crippen molar-refractivity contribution in [1.29, 1.82) is 0 Å². The molecule has 1 atom stereocenters. The zero-order chi connectivity index (χ0) is 16.8. The summed E-state index contributed by atoms with van der Waals surface area (Å²) in [5.74, 6) is 0.845. The van der Waals surface area contributed by atoms with Crippen LogP contribution in [0.1, 0.15) is 12.0 Å². The van der Waals surface area contributed by atoms with Crippen molar-refractivity contribution in [3.05, 3.63) is 59.1 Å². The number of anilines is 1. The number of halogens is 1. The molecule has 5 heteroatoms. The van der Waals surface area contributed by atoms with Crippen molar-refractivity contribution in [3.8, 4) is 5.75 Å². The fourth-order valence-electron chi connectivity index (χ4n) is 2.94. The lowest BCUT2D eigenvalue weighted by atomic mass is 10.2. The van der Waals surface area contributed by atoms with E-state index in [0.717, 1.165) is 48.1 Å². The molecule has 1 heterocycles. The first-order valence-electron chi connectivity index (χ1n) is 8.30. The van der Waals surface area contributed by atoms with Crippen LogP contribution in [0.3, 0.4) is 0 Å². The predicted molar refractivity (Wildman–Crippen MR) is 97.8 cm³/mol. The van der Waals surface area contributed by atoms with Gasteiger partial charge in [-0.05, 0) is 36.2 Å². The molecule has 3 rings (SSSR count). The lowest BCUT2D eigenvalue weighted by Gasteiger charge is -2.18. The number of likely N-dealkylation sites (tertiary alicyclic amines) is 1. The van der Waals surface area contributed by atoms with Gasteiger partial charge in [-0.3, -0.25) is 4.90 Å². The number of para-hydroxylation sites is 1. The minimum atomic E-state index is 0.0634. The van der Waals surface area contributed by atoms with Gasteiger partial charge in [-0.2, -0.15) is 0 Å². The van der Waals surface area contributed by atoms with E-state index < -0.39 is 0 Å². The first-order chi connectivity index (χ1) is 11.7. The molecular formula is C19H23ClN2O2. The second kappa shape index (κ2) is 8.38. The molecule has 0 amide bonds. The summed E-state index contributed by atoms with van der Waals surface area (Å²) in [5, 5.41) is 13.3. The Morgan fingerprint density at radius 3 is 2.71 bits per heavy atom. The Morgan fingerprint density at radius 2 is 1.96 bits per heavy atom. The molecule has 0 bridgehead atoms. The van der Waals surface area contributed by atoms with E-state index in [2.05, 4.69) is 10.2 Å². The van der Waals surface area contributed by atoms with Crippen molar-refractivity contribution in [2.24, 2.45) is 0 Å². The van der Waals surface area contributed by atoms with Gasteiger partial charge in [0.25, 0.3) is 0 Å².